The van der Waals surface area contributed by atoms with Crippen LogP contribution in [0.4, 0.5) is 0 Å². The van der Waals surface area contributed by atoms with Crippen molar-refractivity contribution in [2.75, 3.05) is 0 Å². The molecule has 3 rings (SSSR count). The lowest BCUT2D eigenvalue weighted by Crippen LogP contribution is -2.42. The van der Waals surface area contributed by atoms with Crippen LogP contribution in [0.2, 0.25) is 0 Å². The lowest BCUT2D eigenvalue weighted by atomic mass is 9.86. The van der Waals surface area contributed by atoms with Crippen molar-refractivity contribution in [1.82, 2.24) is 15.1 Å². The SMILES string of the molecule is CC1CCc2nn(CC(=O)NC3CCCCC3C)cc2C1. The lowest BCUT2D eigenvalue weighted by Gasteiger charge is -2.29. The molecule has 1 heterocycles. The molecule has 0 spiro atoms. The lowest BCUT2D eigenvalue weighted by molar-refractivity contribution is -0.123. The zero-order chi connectivity index (χ0) is 14.8. The molecule has 0 aliphatic heterocycles. The largest absolute Gasteiger partial charge is 0.351 e. The molecule has 2 aliphatic rings. The van der Waals surface area contributed by atoms with Gasteiger partial charge in [-0.1, -0.05) is 26.7 Å². The van der Waals surface area contributed by atoms with Crippen LogP contribution < -0.4 is 5.32 Å². The standard InChI is InChI=1S/C17H27N3O/c1-12-7-8-16-14(9-12)10-20(19-16)11-17(21)18-15-6-4-3-5-13(15)2/h10,12-13,15H,3-9,11H2,1-2H3,(H,18,21). The highest BCUT2D eigenvalue weighted by Crippen LogP contribution is 2.25. The zero-order valence-electron chi connectivity index (χ0n) is 13.3. The number of aromatic nitrogens is 2. The third-order valence-electron chi connectivity index (χ3n) is 5.13. The van der Waals surface area contributed by atoms with Gasteiger partial charge in [-0.15, -0.1) is 0 Å². The summed E-state index contributed by atoms with van der Waals surface area (Å²) in [4.78, 5) is 12.2. The average Bonchev–Trinajstić information content (AvgIpc) is 2.82. The minimum absolute atomic E-state index is 0.113. The van der Waals surface area contributed by atoms with E-state index in [4.69, 9.17) is 0 Å². The van der Waals surface area contributed by atoms with E-state index in [1.165, 1.54) is 36.9 Å². The van der Waals surface area contributed by atoms with Gasteiger partial charge in [-0.3, -0.25) is 9.48 Å². The van der Waals surface area contributed by atoms with Crippen molar-refractivity contribution in [3.8, 4) is 0 Å². The van der Waals surface area contributed by atoms with E-state index < -0.39 is 0 Å². The number of hydrogen-bond donors (Lipinski definition) is 1. The molecule has 1 N–H and O–H groups in total. The molecule has 4 nitrogen and oxygen atoms in total. The zero-order valence-corrected chi connectivity index (χ0v) is 13.3. The van der Waals surface area contributed by atoms with Crippen molar-refractivity contribution in [2.24, 2.45) is 11.8 Å². The van der Waals surface area contributed by atoms with Gasteiger partial charge in [0.05, 0.1) is 5.69 Å². The van der Waals surface area contributed by atoms with Gasteiger partial charge in [0.1, 0.15) is 6.54 Å². The molecule has 3 unspecified atom stereocenters. The van der Waals surface area contributed by atoms with Crippen molar-refractivity contribution in [2.45, 2.75) is 71.4 Å². The van der Waals surface area contributed by atoms with Gasteiger partial charge in [0.15, 0.2) is 0 Å². The van der Waals surface area contributed by atoms with E-state index in [1.54, 1.807) is 0 Å². The Hall–Kier alpha value is -1.32. The molecular formula is C17H27N3O. The van der Waals surface area contributed by atoms with Crippen LogP contribution in [0, 0.1) is 11.8 Å². The Morgan fingerprint density at radius 1 is 1.33 bits per heavy atom. The van der Waals surface area contributed by atoms with Crippen LogP contribution in [0.15, 0.2) is 6.20 Å². The fourth-order valence-electron chi connectivity index (χ4n) is 3.76. The molecule has 116 valence electrons. The van der Waals surface area contributed by atoms with Crippen LogP contribution in [0.5, 0.6) is 0 Å². The molecule has 3 atom stereocenters. The van der Waals surface area contributed by atoms with E-state index in [-0.39, 0.29) is 5.91 Å². The number of aryl methyl sites for hydroxylation is 1. The first-order valence-corrected chi connectivity index (χ1v) is 8.46. The number of carbonyl (C=O) groups is 1. The Labute approximate surface area is 127 Å². The summed E-state index contributed by atoms with van der Waals surface area (Å²) in [5, 5.41) is 7.80. The quantitative estimate of drug-likeness (QED) is 0.930. The van der Waals surface area contributed by atoms with Gasteiger partial charge < -0.3 is 5.32 Å². The second-order valence-electron chi connectivity index (χ2n) is 7.08. The highest BCUT2D eigenvalue weighted by Gasteiger charge is 2.23. The van der Waals surface area contributed by atoms with Crippen LogP contribution in [0.1, 0.15) is 57.2 Å². The molecule has 1 fully saturated rings. The number of fused-ring (bicyclic) bond motifs is 1. The molecule has 1 amide bonds. The Morgan fingerprint density at radius 2 is 2.14 bits per heavy atom. The maximum Gasteiger partial charge on any atom is 0.241 e. The first kappa shape index (κ1) is 14.6. The summed E-state index contributed by atoms with van der Waals surface area (Å²) in [7, 11) is 0. The number of hydrogen-bond acceptors (Lipinski definition) is 2. The Bertz CT molecular complexity index is 508. The molecule has 0 bridgehead atoms. The van der Waals surface area contributed by atoms with E-state index in [0.717, 1.165) is 25.2 Å². The Balaban J connectivity index is 1.57. The van der Waals surface area contributed by atoms with Crippen LogP contribution in [-0.4, -0.2) is 21.7 Å². The van der Waals surface area contributed by atoms with Crippen LogP contribution in [-0.2, 0) is 24.2 Å². The Kier molecular flexibility index (Phi) is 4.32. The van der Waals surface area contributed by atoms with E-state index in [9.17, 15) is 4.79 Å². The highest BCUT2D eigenvalue weighted by atomic mass is 16.2. The van der Waals surface area contributed by atoms with Gasteiger partial charge in [0.25, 0.3) is 0 Å². The predicted molar refractivity (Wildman–Crippen MR) is 83.0 cm³/mol. The summed E-state index contributed by atoms with van der Waals surface area (Å²) in [6.45, 7) is 4.90. The second-order valence-corrected chi connectivity index (χ2v) is 7.08. The molecule has 2 aliphatic carbocycles. The van der Waals surface area contributed by atoms with Crippen LogP contribution in [0.3, 0.4) is 0 Å². The third-order valence-corrected chi connectivity index (χ3v) is 5.13. The van der Waals surface area contributed by atoms with Gasteiger partial charge >= 0.3 is 0 Å². The summed E-state index contributed by atoms with van der Waals surface area (Å²) in [5.41, 5.74) is 2.54. The number of nitrogens with zero attached hydrogens (tertiary/aromatic N) is 2. The highest BCUT2D eigenvalue weighted by molar-refractivity contribution is 5.76. The molecule has 0 aromatic carbocycles. The molecule has 1 aromatic heterocycles. The topological polar surface area (TPSA) is 46.9 Å². The van der Waals surface area contributed by atoms with Crippen molar-refractivity contribution < 1.29 is 4.79 Å². The van der Waals surface area contributed by atoms with E-state index in [0.29, 0.717) is 18.5 Å². The minimum Gasteiger partial charge on any atom is -0.351 e. The van der Waals surface area contributed by atoms with Crippen molar-refractivity contribution in [3.63, 3.8) is 0 Å². The fraction of sp³-hybridized carbons (Fsp3) is 0.765. The van der Waals surface area contributed by atoms with Gasteiger partial charge in [-0.05, 0) is 49.5 Å². The van der Waals surface area contributed by atoms with Gasteiger partial charge in [-0.2, -0.15) is 5.10 Å². The van der Waals surface area contributed by atoms with Gasteiger partial charge in [0.2, 0.25) is 5.91 Å². The average molecular weight is 289 g/mol. The van der Waals surface area contributed by atoms with Crippen LogP contribution in [0.25, 0.3) is 0 Å². The summed E-state index contributed by atoms with van der Waals surface area (Å²) in [6, 6.07) is 0.358. The number of amides is 1. The maximum atomic E-state index is 12.2. The summed E-state index contributed by atoms with van der Waals surface area (Å²) in [6.07, 6.45) is 10.4. The number of carbonyl (C=O) groups excluding carboxylic acids is 1. The van der Waals surface area contributed by atoms with Gasteiger partial charge in [-0.25, -0.2) is 0 Å². The minimum atomic E-state index is 0.113. The number of nitrogens with one attached hydrogen (secondary N) is 1. The van der Waals surface area contributed by atoms with Crippen molar-refractivity contribution >= 4 is 5.91 Å². The van der Waals surface area contributed by atoms with Crippen LogP contribution >= 0.6 is 0 Å². The van der Waals surface area contributed by atoms with E-state index >= 15 is 0 Å². The summed E-state index contributed by atoms with van der Waals surface area (Å²) in [5.74, 6) is 1.46. The summed E-state index contributed by atoms with van der Waals surface area (Å²) >= 11 is 0. The van der Waals surface area contributed by atoms with Crippen molar-refractivity contribution in [3.05, 3.63) is 17.5 Å². The molecule has 0 radical (unpaired) electrons. The smallest absolute Gasteiger partial charge is 0.241 e. The Morgan fingerprint density at radius 3 is 2.95 bits per heavy atom. The fourth-order valence-corrected chi connectivity index (χ4v) is 3.76. The predicted octanol–water partition coefficient (Wildman–Crippen LogP) is 2.70. The molecule has 0 saturated heterocycles. The van der Waals surface area contributed by atoms with E-state index in [1.807, 2.05) is 4.68 Å². The normalized spacial score (nSPS) is 29.0. The monoisotopic (exact) mass is 289 g/mol. The molecule has 1 aromatic rings. The maximum absolute atomic E-state index is 12.2. The molecule has 21 heavy (non-hydrogen) atoms. The molecule has 4 heteroatoms. The molecular weight excluding hydrogens is 262 g/mol. The first-order chi connectivity index (χ1) is 10.1. The second kappa shape index (κ2) is 6.20. The first-order valence-electron chi connectivity index (χ1n) is 8.46. The molecule has 1 saturated carbocycles. The third kappa shape index (κ3) is 3.47. The number of rotatable bonds is 3. The van der Waals surface area contributed by atoms with Crippen molar-refractivity contribution in [1.29, 1.82) is 0 Å². The van der Waals surface area contributed by atoms with E-state index in [2.05, 4.69) is 30.5 Å². The summed E-state index contributed by atoms with van der Waals surface area (Å²) < 4.78 is 1.84. The van der Waals surface area contributed by atoms with Gasteiger partial charge in [0, 0.05) is 12.2 Å².